The van der Waals surface area contributed by atoms with E-state index in [-0.39, 0.29) is 5.54 Å². The fraction of sp³-hybridized carbons (Fsp3) is 0.308. The Hall–Kier alpha value is -1.61. The van der Waals surface area contributed by atoms with Gasteiger partial charge in [-0.25, -0.2) is 4.98 Å². The van der Waals surface area contributed by atoms with Crippen LogP contribution in [0.4, 0.5) is 0 Å². The Labute approximate surface area is 94.7 Å². The lowest BCUT2D eigenvalue weighted by molar-refractivity contribution is 0.685. The molecule has 1 aromatic heterocycles. The molecule has 1 saturated carbocycles. The second-order valence-corrected chi connectivity index (χ2v) is 4.67. The Morgan fingerprint density at radius 2 is 2.19 bits per heavy atom. The molecule has 2 aromatic rings. The second kappa shape index (κ2) is 3.19. The van der Waals surface area contributed by atoms with Crippen LogP contribution in [0, 0.1) is 6.92 Å². The summed E-state index contributed by atoms with van der Waals surface area (Å²) >= 11 is 0. The van der Waals surface area contributed by atoms with Crippen LogP contribution in [0.15, 0.2) is 30.5 Å². The predicted octanol–water partition coefficient (Wildman–Crippen LogP) is 2.33. The topological polar surface area (TPSA) is 54.7 Å². The van der Waals surface area contributed by atoms with Crippen LogP contribution in [0.25, 0.3) is 11.3 Å². The third-order valence-electron chi connectivity index (χ3n) is 3.17. The summed E-state index contributed by atoms with van der Waals surface area (Å²) in [6.45, 7) is 2.09. The maximum Gasteiger partial charge on any atom is 0.126 e. The highest BCUT2D eigenvalue weighted by molar-refractivity contribution is 5.59. The SMILES string of the molecule is Cc1cccc(-c2cnc(C3(N)CC3)[nH]2)c1. The molecule has 1 fully saturated rings. The Bertz CT molecular complexity index is 523. The molecule has 0 radical (unpaired) electrons. The summed E-state index contributed by atoms with van der Waals surface area (Å²) in [7, 11) is 0. The molecule has 3 heteroatoms. The molecule has 1 aromatic carbocycles. The number of aromatic amines is 1. The van der Waals surface area contributed by atoms with Gasteiger partial charge in [0.1, 0.15) is 5.82 Å². The highest BCUT2D eigenvalue weighted by atomic mass is 15.0. The number of imidazole rings is 1. The van der Waals surface area contributed by atoms with Gasteiger partial charge in [-0.15, -0.1) is 0 Å². The number of hydrogen-bond donors (Lipinski definition) is 2. The summed E-state index contributed by atoms with van der Waals surface area (Å²) in [5.41, 5.74) is 9.39. The minimum Gasteiger partial charge on any atom is -0.340 e. The summed E-state index contributed by atoms with van der Waals surface area (Å²) < 4.78 is 0. The van der Waals surface area contributed by atoms with Crippen molar-refractivity contribution in [1.29, 1.82) is 0 Å². The number of aromatic nitrogens is 2. The van der Waals surface area contributed by atoms with E-state index in [1.165, 1.54) is 11.1 Å². The van der Waals surface area contributed by atoms with Crippen LogP contribution in [0.3, 0.4) is 0 Å². The normalized spacial score (nSPS) is 17.4. The van der Waals surface area contributed by atoms with Crippen molar-refractivity contribution in [2.45, 2.75) is 25.3 Å². The van der Waals surface area contributed by atoms with Gasteiger partial charge in [0.25, 0.3) is 0 Å². The van der Waals surface area contributed by atoms with E-state index in [9.17, 15) is 0 Å². The first-order chi connectivity index (χ1) is 7.67. The van der Waals surface area contributed by atoms with Gasteiger partial charge in [0.15, 0.2) is 0 Å². The first-order valence-electron chi connectivity index (χ1n) is 5.59. The van der Waals surface area contributed by atoms with Gasteiger partial charge < -0.3 is 10.7 Å². The van der Waals surface area contributed by atoms with Crippen molar-refractivity contribution in [3.63, 3.8) is 0 Å². The maximum absolute atomic E-state index is 6.10. The Kier molecular flexibility index (Phi) is 1.91. The molecule has 1 aliphatic rings. The Morgan fingerprint density at radius 3 is 2.88 bits per heavy atom. The van der Waals surface area contributed by atoms with Crippen LogP contribution in [-0.4, -0.2) is 9.97 Å². The van der Waals surface area contributed by atoms with Gasteiger partial charge in [0, 0.05) is 0 Å². The van der Waals surface area contributed by atoms with Gasteiger partial charge >= 0.3 is 0 Å². The van der Waals surface area contributed by atoms with Gasteiger partial charge in [-0.05, 0) is 31.4 Å². The van der Waals surface area contributed by atoms with Crippen LogP contribution in [0.5, 0.6) is 0 Å². The number of rotatable bonds is 2. The number of benzene rings is 1. The predicted molar refractivity (Wildman–Crippen MR) is 63.9 cm³/mol. The van der Waals surface area contributed by atoms with Crippen molar-refractivity contribution in [3.8, 4) is 11.3 Å². The van der Waals surface area contributed by atoms with E-state index in [2.05, 4.69) is 41.2 Å². The van der Waals surface area contributed by atoms with Crippen LogP contribution in [0.2, 0.25) is 0 Å². The van der Waals surface area contributed by atoms with Crippen LogP contribution >= 0.6 is 0 Å². The fourth-order valence-electron chi connectivity index (χ4n) is 1.91. The first kappa shape index (κ1) is 9.60. The lowest BCUT2D eigenvalue weighted by Gasteiger charge is -2.03. The standard InChI is InChI=1S/C13H15N3/c1-9-3-2-4-10(7-9)11-8-15-12(16-11)13(14)5-6-13/h2-4,7-8H,5-6,14H2,1H3,(H,15,16). The van der Waals surface area contributed by atoms with Crippen molar-refractivity contribution in [2.24, 2.45) is 5.73 Å². The number of aryl methyl sites for hydroxylation is 1. The van der Waals surface area contributed by atoms with Gasteiger partial charge in [-0.3, -0.25) is 0 Å². The zero-order valence-electron chi connectivity index (χ0n) is 9.33. The molecule has 1 heterocycles. The van der Waals surface area contributed by atoms with Crippen molar-refractivity contribution >= 4 is 0 Å². The molecule has 82 valence electrons. The molecular formula is C13H15N3. The Morgan fingerprint density at radius 1 is 1.38 bits per heavy atom. The van der Waals surface area contributed by atoms with E-state index in [1.54, 1.807) is 0 Å². The molecule has 16 heavy (non-hydrogen) atoms. The van der Waals surface area contributed by atoms with Crippen LogP contribution in [0.1, 0.15) is 24.2 Å². The molecule has 0 aliphatic heterocycles. The second-order valence-electron chi connectivity index (χ2n) is 4.67. The molecule has 3 nitrogen and oxygen atoms in total. The number of nitrogens with one attached hydrogen (secondary N) is 1. The minimum atomic E-state index is -0.178. The van der Waals surface area contributed by atoms with E-state index >= 15 is 0 Å². The van der Waals surface area contributed by atoms with E-state index < -0.39 is 0 Å². The van der Waals surface area contributed by atoms with E-state index in [0.717, 1.165) is 24.4 Å². The lowest BCUT2D eigenvalue weighted by atomic mass is 10.1. The highest BCUT2D eigenvalue weighted by Crippen LogP contribution is 2.41. The smallest absolute Gasteiger partial charge is 0.126 e. The summed E-state index contributed by atoms with van der Waals surface area (Å²) in [6.07, 6.45) is 3.94. The van der Waals surface area contributed by atoms with Gasteiger partial charge in [-0.1, -0.05) is 23.8 Å². The molecule has 3 N–H and O–H groups in total. The third-order valence-corrected chi connectivity index (χ3v) is 3.17. The molecule has 3 rings (SSSR count). The summed E-state index contributed by atoms with van der Waals surface area (Å²) in [5, 5.41) is 0. The van der Waals surface area contributed by atoms with E-state index in [0.29, 0.717) is 0 Å². The molecule has 0 saturated heterocycles. The Balaban J connectivity index is 1.98. The summed E-state index contributed by atoms with van der Waals surface area (Å²) in [6, 6.07) is 8.38. The zero-order chi connectivity index (χ0) is 11.2. The molecule has 1 aliphatic carbocycles. The van der Waals surface area contributed by atoms with Gasteiger partial charge in [0.2, 0.25) is 0 Å². The van der Waals surface area contributed by atoms with Crippen molar-refractivity contribution in [1.82, 2.24) is 9.97 Å². The summed E-state index contributed by atoms with van der Waals surface area (Å²) in [5.74, 6) is 0.920. The number of hydrogen-bond acceptors (Lipinski definition) is 2. The average molecular weight is 213 g/mol. The molecule has 0 unspecified atom stereocenters. The van der Waals surface area contributed by atoms with Gasteiger partial charge in [0.05, 0.1) is 17.4 Å². The quantitative estimate of drug-likeness (QED) is 0.804. The van der Waals surface area contributed by atoms with Crippen LogP contribution in [-0.2, 0) is 5.54 Å². The molecule has 0 atom stereocenters. The first-order valence-corrected chi connectivity index (χ1v) is 5.59. The van der Waals surface area contributed by atoms with E-state index in [1.807, 2.05) is 6.20 Å². The molecule has 0 bridgehead atoms. The highest BCUT2D eigenvalue weighted by Gasteiger charge is 2.42. The number of nitrogens with two attached hydrogens (primary N) is 1. The molecule has 0 spiro atoms. The van der Waals surface area contributed by atoms with Gasteiger partial charge in [-0.2, -0.15) is 0 Å². The molecular weight excluding hydrogens is 198 g/mol. The number of nitrogens with zero attached hydrogens (tertiary/aromatic N) is 1. The largest absolute Gasteiger partial charge is 0.340 e. The van der Waals surface area contributed by atoms with Crippen molar-refractivity contribution < 1.29 is 0 Å². The molecule has 0 amide bonds. The zero-order valence-corrected chi connectivity index (χ0v) is 9.33. The van der Waals surface area contributed by atoms with E-state index in [4.69, 9.17) is 5.73 Å². The average Bonchev–Trinajstić information content (AvgIpc) is 2.83. The van der Waals surface area contributed by atoms with Crippen LogP contribution < -0.4 is 5.73 Å². The van der Waals surface area contributed by atoms with Crippen molar-refractivity contribution in [2.75, 3.05) is 0 Å². The fourth-order valence-corrected chi connectivity index (χ4v) is 1.91. The van der Waals surface area contributed by atoms with Crippen molar-refractivity contribution in [3.05, 3.63) is 41.9 Å². The minimum absolute atomic E-state index is 0.178. The number of H-pyrrole nitrogens is 1. The lowest BCUT2D eigenvalue weighted by Crippen LogP contribution is -2.20. The summed E-state index contributed by atoms with van der Waals surface area (Å²) in [4.78, 5) is 7.70. The maximum atomic E-state index is 6.10. The monoisotopic (exact) mass is 213 g/mol. The third kappa shape index (κ3) is 1.53.